The highest BCUT2D eigenvalue weighted by Crippen LogP contribution is 2.23. The van der Waals surface area contributed by atoms with Crippen molar-refractivity contribution >= 4 is 28.6 Å². The lowest BCUT2D eigenvalue weighted by atomic mass is 10.3. The Morgan fingerprint density at radius 1 is 1.39 bits per heavy atom. The quantitative estimate of drug-likeness (QED) is 0.576. The molecule has 0 spiro atoms. The zero-order valence-electron chi connectivity index (χ0n) is 9.63. The van der Waals surface area contributed by atoms with Crippen molar-refractivity contribution in [3.8, 4) is 6.07 Å². The number of imidazole rings is 1. The van der Waals surface area contributed by atoms with Gasteiger partial charge in [-0.1, -0.05) is 23.9 Å². The highest BCUT2D eigenvalue weighted by Gasteiger charge is 2.11. The van der Waals surface area contributed by atoms with Crippen LogP contribution in [0.25, 0.3) is 16.8 Å². The van der Waals surface area contributed by atoms with Gasteiger partial charge in [-0.15, -0.1) is 5.10 Å². The first-order valence-corrected chi connectivity index (χ1v) is 6.70. The molecule has 0 saturated heterocycles. The number of benzene rings is 1. The van der Waals surface area contributed by atoms with Gasteiger partial charge in [0, 0.05) is 12.2 Å². The van der Waals surface area contributed by atoms with Crippen LogP contribution in [0.1, 0.15) is 12.8 Å². The third-order valence-corrected chi connectivity index (χ3v) is 3.69. The van der Waals surface area contributed by atoms with E-state index >= 15 is 0 Å². The van der Waals surface area contributed by atoms with Crippen LogP contribution in [0, 0.1) is 11.3 Å². The lowest BCUT2D eigenvalue weighted by Crippen LogP contribution is -1.87. The van der Waals surface area contributed by atoms with E-state index in [9.17, 15) is 0 Å². The number of H-pyrrole nitrogens is 1. The molecular formula is C12H11N5S. The van der Waals surface area contributed by atoms with Crippen LogP contribution < -0.4 is 0 Å². The maximum absolute atomic E-state index is 8.51. The molecular weight excluding hydrogens is 246 g/mol. The van der Waals surface area contributed by atoms with Crippen LogP contribution in [0.15, 0.2) is 29.4 Å². The summed E-state index contributed by atoms with van der Waals surface area (Å²) >= 11 is 1.65. The average molecular weight is 257 g/mol. The molecule has 0 bridgehead atoms. The molecule has 0 fully saturated rings. The fourth-order valence-electron chi connectivity index (χ4n) is 1.85. The van der Waals surface area contributed by atoms with Crippen LogP contribution in [0.3, 0.4) is 0 Å². The molecule has 3 rings (SSSR count). The van der Waals surface area contributed by atoms with Crippen LogP contribution in [0.5, 0.6) is 0 Å². The van der Waals surface area contributed by atoms with Gasteiger partial charge in [0.15, 0.2) is 5.16 Å². The van der Waals surface area contributed by atoms with Crippen LogP contribution in [-0.2, 0) is 0 Å². The van der Waals surface area contributed by atoms with Gasteiger partial charge < -0.3 is 0 Å². The minimum absolute atomic E-state index is 0.589. The minimum Gasteiger partial charge on any atom is -0.254 e. The maximum atomic E-state index is 8.51. The first-order valence-electron chi connectivity index (χ1n) is 5.71. The summed E-state index contributed by atoms with van der Waals surface area (Å²) in [5, 5.41) is 16.6. The average Bonchev–Trinajstić information content (AvgIpc) is 2.94. The molecule has 0 aliphatic heterocycles. The van der Waals surface area contributed by atoms with Crippen molar-refractivity contribution in [3.63, 3.8) is 0 Å². The summed E-state index contributed by atoms with van der Waals surface area (Å²) < 4.78 is 2.02. The maximum Gasteiger partial charge on any atom is 0.231 e. The molecule has 90 valence electrons. The number of aromatic nitrogens is 4. The Morgan fingerprint density at radius 3 is 3.17 bits per heavy atom. The first kappa shape index (κ1) is 11.1. The number of rotatable bonds is 4. The number of hydrogen-bond acceptors (Lipinski definition) is 4. The van der Waals surface area contributed by atoms with Gasteiger partial charge in [-0.25, -0.2) is 10.1 Å². The zero-order chi connectivity index (χ0) is 12.4. The van der Waals surface area contributed by atoms with E-state index < -0.39 is 0 Å². The number of thioether (sulfide) groups is 1. The third kappa shape index (κ3) is 1.83. The Kier molecular flexibility index (Phi) is 2.90. The molecule has 18 heavy (non-hydrogen) atoms. The van der Waals surface area contributed by atoms with Crippen molar-refractivity contribution < 1.29 is 0 Å². The molecule has 3 aromatic rings. The Balaban J connectivity index is 1.95. The fraction of sp³-hybridized carbons (Fsp3) is 0.250. The monoisotopic (exact) mass is 257 g/mol. The van der Waals surface area contributed by atoms with E-state index in [2.05, 4.69) is 21.3 Å². The van der Waals surface area contributed by atoms with Crippen molar-refractivity contribution in [2.24, 2.45) is 0 Å². The second kappa shape index (κ2) is 4.70. The highest BCUT2D eigenvalue weighted by molar-refractivity contribution is 7.99. The van der Waals surface area contributed by atoms with Gasteiger partial charge >= 0.3 is 0 Å². The number of para-hydroxylation sites is 2. The molecule has 0 saturated carbocycles. The van der Waals surface area contributed by atoms with E-state index in [1.807, 2.05) is 28.7 Å². The van der Waals surface area contributed by atoms with Gasteiger partial charge in [-0.2, -0.15) is 5.26 Å². The number of nitrogens with zero attached hydrogens (tertiary/aromatic N) is 4. The summed E-state index contributed by atoms with van der Waals surface area (Å²) in [6.07, 6.45) is 1.47. The molecule has 1 N–H and O–H groups in total. The molecule has 5 nitrogen and oxygen atoms in total. The van der Waals surface area contributed by atoms with Crippen molar-refractivity contribution in [1.29, 1.82) is 5.26 Å². The van der Waals surface area contributed by atoms with E-state index in [4.69, 9.17) is 5.26 Å². The molecule has 0 amide bonds. The summed E-state index contributed by atoms with van der Waals surface area (Å²) in [4.78, 5) is 4.46. The molecule has 0 unspecified atom stereocenters. The highest BCUT2D eigenvalue weighted by atomic mass is 32.2. The third-order valence-electron chi connectivity index (χ3n) is 2.67. The first-order chi connectivity index (χ1) is 8.90. The van der Waals surface area contributed by atoms with Crippen molar-refractivity contribution in [1.82, 2.24) is 19.6 Å². The smallest absolute Gasteiger partial charge is 0.231 e. The Morgan fingerprint density at radius 2 is 2.28 bits per heavy atom. The van der Waals surface area contributed by atoms with Gasteiger partial charge in [0.05, 0.1) is 17.1 Å². The largest absolute Gasteiger partial charge is 0.254 e. The predicted molar refractivity (Wildman–Crippen MR) is 70.4 cm³/mol. The molecule has 1 aromatic carbocycles. The lowest BCUT2D eigenvalue weighted by Gasteiger charge is -1.97. The Hall–Kier alpha value is -2.00. The van der Waals surface area contributed by atoms with Gasteiger partial charge in [-0.3, -0.25) is 4.40 Å². The number of nitriles is 1. The second-order valence-corrected chi connectivity index (χ2v) is 4.94. The molecule has 0 radical (unpaired) electrons. The van der Waals surface area contributed by atoms with Gasteiger partial charge in [0.2, 0.25) is 5.78 Å². The molecule has 0 aliphatic rings. The zero-order valence-corrected chi connectivity index (χ0v) is 10.4. The minimum atomic E-state index is 0.589. The number of unbranched alkanes of at least 4 members (excludes halogenated alkanes) is 1. The molecule has 2 aromatic heterocycles. The number of nitrogens with one attached hydrogen (secondary N) is 1. The van der Waals surface area contributed by atoms with Gasteiger partial charge in [-0.05, 0) is 18.6 Å². The number of fused-ring (bicyclic) bond motifs is 3. The van der Waals surface area contributed by atoms with Gasteiger partial charge in [0.25, 0.3) is 0 Å². The van der Waals surface area contributed by atoms with E-state index in [1.54, 1.807) is 11.8 Å². The van der Waals surface area contributed by atoms with Crippen LogP contribution in [0.4, 0.5) is 0 Å². The number of hydrogen-bond donors (Lipinski definition) is 1. The Bertz CT molecular complexity index is 721. The van der Waals surface area contributed by atoms with E-state index in [1.165, 1.54) is 0 Å². The van der Waals surface area contributed by atoms with Crippen molar-refractivity contribution in [2.45, 2.75) is 18.0 Å². The van der Waals surface area contributed by atoms with Crippen LogP contribution in [0.2, 0.25) is 0 Å². The molecule has 6 heteroatoms. The summed E-state index contributed by atoms with van der Waals surface area (Å²) in [6.45, 7) is 0. The van der Waals surface area contributed by atoms with E-state index in [0.717, 1.165) is 34.1 Å². The normalized spacial score (nSPS) is 11.1. The molecule has 0 atom stereocenters. The van der Waals surface area contributed by atoms with Crippen LogP contribution in [-0.4, -0.2) is 25.3 Å². The van der Waals surface area contributed by atoms with Crippen molar-refractivity contribution in [2.75, 3.05) is 5.75 Å². The van der Waals surface area contributed by atoms with Gasteiger partial charge in [0.1, 0.15) is 0 Å². The second-order valence-electron chi connectivity index (χ2n) is 3.88. The Labute approximate surface area is 108 Å². The van der Waals surface area contributed by atoms with E-state index in [-0.39, 0.29) is 0 Å². The summed E-state index contributed by atoms with van der Waals surface area (Å²) in [6, 6.07) is 10.1. The lowest BCUT2D eigenvalue weighted by molar-refractivity contribution is 0.926. The van der Waals surface area contributed by atoms with Crippen LogP contribution >= 0.6 is 11.8 Å². The molecule has 0 aliphatic carbocycles. The predicted octanol–water partition coefficient (Wildman–Crippen LogP) is 2.61. The SMILES string of the molecule is N#CCCCSc1n[nH]c2nc3ccccc3n12. The summed E-state index contributed by atoms with van der Waals surface area (Å²) in [5.41, 5.74) is 2.02. The number of aromatic amines is 1. The van der Waals surface area contributed by atoms with Crippen molar-refractivity contribution in [3.05, 3.63) is 24.3 Å². The topological polar surface area (TPSA) is 69.8 Å². The fourth-order valence-corrected chi connectivity index (χ4v) is 2.75. The van der Waals surface area contributed by atoms with E-state index in [0.29, 0.717) is 6.42 Å². The molecule has 2 heterocycles. The summed E-state index contributed by atoms with van der Waals surface area (Å²) in [5.74, 6) is 1.65. The summed E-state index contributed by atoms with van der Waals surface area (Å²) in [7, 11) is 0. The standard InChI is InChI=1S/C12H11N5S/c13-7-3-4-8-18-12-16-15-11-14-9-5-1-2-6-10(9)17(11)12/h1-2,5-6H,3-4,8H2,(H,14,15).